The van der Waals surface area contributed by atoms with E-state index in [1.54, 1.807) is 0 Å². The molecule has 0 amide bonds. The molecule has 2 N–H and O–H groups in total. The molecular formula is C13H12N2O2. The summed E-state index contributed by atoms with van der Waals surface area (Å²) < 4.78 is 0. The molecule has 2 aliphatic carbocycles. The summed E-state index contributed by atoms with van der Waals surface area (Å²) in [4.78, 5) is 9.18. The highest BCUT2D eigenvalue weighted by molar-refractivity contribution is 5.74. The molecule has 2 bridgehead atoms. The number of aliphatic hydroxyl groups is 2. The average Bonchev–Trinajstić information content (AvgIpc) is 2.85. The molecular weight excluding hydrogens is 216 g/mol. The van der Waals surface area contributed by atoms with Crippen LogP contribution in [0.5, 0.6) is 0 Å². The number of rotatable bonds is 0. The monoisotopic (exact) mass is 228 g/mol. The highest BCUT2D eigenvalue weighted by Gasteiger charge is 2.51. The molecule has 0 aliphatic heterocycles. The van der Waals surface area contributed by atoms with Gasteiger partial charge in [-0.3, -0.25) is 0 Å². The van der Waals surface area contributed by atoms with Gasteiger partial charge in [-0.15, -0.1) is 0 Å². The summed E-state index contributed by atoms with van der Waals surface area (Å²) in [6.07, 6.45) is -0.584. The third-order valence-electron chi connectivity index (χ3n) is 4.01. The standard InChI is InChI=1S/C13H12N2O2/c16-12-6-5-7(13(12)17)11-10(6)14-8-3-1-2-4-9(8)15-11/h1-4,6-7,12-13,16-17H,5H2/t6-,7+,12+,13-. The quantitative estimate of drug-likeness (QED) is 0.704. The maximum atomic E-state index is 9.89. The molecule has 2 aliphatic rings. The normalized spacial score (nSPS) is 34.2. The summed E-state index contributed by atoms with van der Waals surface area (Å²) in [6, 6.07) is 7.72. The fourth-order valence-corrected chi connectivity index (χ4v) is 3.15. The summed E-state index contributed by atoms with van der Waals surface area (Å²) in [5.41, 5.74) is 3.49. The zero-order valence-corrected chi connectivity index (χ0v) is 9.11. The number of aliphatic hydroxyl groups excluding tert-OH is 2. The Balaban J connectivity index is 1.99. The van der Waals surface area contributed by atoms with Crippen LogP contribution in [0.15, 0.2) is 24.3 Å². The minimum absolute atomic E-state index is 0.0397. The summed E-state index contributed by atoms with van der Waals surface area (Å²) >= 11 is 0. The molecule has 0 radical (unpaired) electrons. The molecule has 1 fully saturated rings. The Morgan fingerprint density at radius 1 is 0.882 bits per heavy atom. The van der Waals surface area contributed by atoms with Gasteiger partial charge in [-0.2, -0.15) is 0 Å². The van der Waals surface area contributed by atoms with E-state index in [0.29, 0.717) is 0 Å². The van der Waals surface area contributed by atoms with Crippen LogP contribution < -0.4 is 0 Å². The Hall–Kier alpha value is -1.52. The van der Waals surface area contributed by atoms with Crippen molar-refractivity contribution in [2.75, 3.05) is 0 Å². The SMILES string of the molecule is O[C@@H]1[C@H](O)[C@H]2C[C@@H]1c1nc3ccccc3nc12. The molecule has 1 heterocycles. The Labute approximate surface area is 98.0 Å². The lowest BCUT2D eigenvalue weighted by atomic mass is 9.95. The molecule has 4 rings (SSSR count). The molecule has 0 spiro atoms. The van der Waals surface area contributed by atoms with E-state index in [4.69, 9.17) is 0 Å². The number of para-hydroxylation sites is 2. The number of aromatic nitrogens is 2. The summed E-state index contributed by atoms with van der Waals surface area (Å²) in [5, 5.41) is 19.8. The second-order valence-corrected chi connectivity index (χ2v) is 4.91. The van der Waals surface area contributed by atoms with Crippen LogP contribution >= 0.6 is 0 Å². The third-order valence-corrected chi connectivity index (χ3v) is 4.01. The largest absolute Gasteiger partial charge is 0.390 e. The highest BCUT2D eigenvalue weighted by Crippen LogP contribution is 2.51. The van der Waals surface area contributed by atoms with Crippen molar-refractivity contribution in [2.24, 2.45) is 0 Å². The van der Waals surface area contributed by atoms with Crippen LogP contribution in [0.4, 0.5) is 0 Å². The van der Waals surface area contributed by atoms with Gasteiger partial charge in [-0.25, -0.2) is 9.97 Å². The van der Waals surface area contributed by atoms with Crippen molar-refractivity contribution < 1.29 is 10.2 Å². The zero-order valence-electron chi connectivity index (χ0n) is 9.11. The molecule has 4 atom stereocenters. The van der Waals surface area contributed by atoms with Crippen LogP contribution in [0.2, 0.25) is 0 Å². The maximum Gasteiger partial charge on any atom is 0.0890 e. The molecule has 86 valence electrons. The smallest absolute Gasteiger partial charge is 0.0890 e. The average molecular weight is 228 g/mol. The molecule has 0 unspecified atom stereocenters. The molecule has 4 nitrogen and oxygen atoms in total. The van der Waals surface area contributed by atoms with Crippen molar-refractivity contribution in [3.8, 4) is 0 Å². The van der Waals surface area contributed by atoms with E-state index in [9.17, 15) is 10.2 Å². The Morgan fingerprint density at radius 2 is 1.35 bits per heavy atom. The highest BCUT2D eigenvalue weighted by atomic mass is 16.3. The van der Waals surface area contributed by atoms with Gasteiger partial charge in [0.05, 0.1) is 34.6 Å². The van der Waals surface area contributed by atoms with E-state index in [2.05, 4.69) is 9.97 Å². The molecule has 2 aromatic rings. The number of nitrogens with zero attached hydrogens (tertiary/aromatic N) is 2. The first-order valence-corrected chi connectivity index (χ1v) is 5.88. The molecule has 17 heavy (non-hydrogen) atoms. The van der Waals surface area contributed by atoms with Crippen molar-refractivity contribution in [1.29, 1.82) is 0 Å². The Kier molecular flexibility index (Phi) is 1.69. The van der Waals surface area contributed by atoms with Gasteiger partial charge >= 0.3 is 0 Å². The lowest BCUT2D eigenvalue weighted by molar-refractivity contribution is 0.0201. The molecule has 1 aromatic carbocycles. The number of hydrogen-bond acceptors (Lipinski definition) is 4. The van der Waals surface area contributed by atoms with Crippen molar-refractivity contribution in [3.05, 3.63) is 35.7 Å². The van der Waals surface area contributed by atoms with E-state index in [0.717, 1.165) is 28.8 Å². The van der Waals surface area contributed by atoms with Gasteiger partial charge in [0, 0.05) is 11.8 Å². The molecule has 0 saturated heterocycles. The van der Waals surface area contributed by atoms with Crippen LogP contribution in [0.3, 0.4) is 0 Å². The minimum atomic E-state index is -0.678. The van der Waals surface area contributed by atoms with Gasteiger partial charge in [0.15, 0.2) is 0 Å². The van der Waals surface area contributed by atoms with Gasteiger partial charge in [-0.1, -0.05) is 12.1 Å². The zero-order chi connectivity index (χ0) is 11.6. The first kappa shape index (κ1) is 9.50. The molecule has 4 heteroatoms. The van der Waals surface area contributed by atoms with E-state index in [1.807, 2.05) is 24.3 Å². The topological polar surface area (TPSA) is 66.2 Å². The van der Waals surface area contributed by atoms with Crippen LogP contribution in [-0.2, 0) is 0 Å². The van der Waals surface area contributed by atoms with Crippen molar-refractivity contribution in [3.63, 3.8) is 0 Å². The second kappa shape index (κ2) is 3.03. The van der Waals surface area contributed by atoms with Crippen LogP contribution in [0, 0.1) is 0 Å². The van der Waals surface area contributed by atoms with Crippen LogP contribution in [0.25, 0.3) is 11.0 Å². The molecule has 1 saturated carbocycles. The van der Waals surface area contributed by atoms with Gasteiger partial charge in [0.1, 0.15) is 0 Å². The van der Waals surface area contributed by atoms with Gasteiger partial charge in [-0.05, 0) is 18.6 Å². The van der Waals surface area contributed by atoms with Crippen molar-refractivity contribution in [1.82, 2.24) is 9.97 Å². The van der Waals surface area contributed by atoms with E-state index in [-0.39, 0.29) is 11.8 Å². The van der Waals surface area contributed by atoms with Crippen molar-refractivity contribution in [2.45, 2.75) is 30.5 Å². The number of fused-ring (bicyclic) bond motifs is 6. The van der Waals surface area contributed by atoms with Gasteiger partial charge < -0.3 is 10.2 Å². The Morgan fingerprint density at radius 3 is 1.82 bits per heavy atom. The van der Waals surface area contributed by atoms with E-state index in [1.165, 1.54) is 0 Å². The maximum absolute atomic E-state index is 9.89. The summed E-state index contributed by atoms with van der Waals surface area (Å²) in [7, 11) is 0. The minimum Gasteiger partial charge on any atom is -0.390 e. The first-order valence-electron chi connectivity index (χ1n) is 5.88. The molecule has 1 aromatic heterocycles. The van der Waals surface area contributed by atoms with Crippen LogP contribution in [-0.4, -0.2) is 32.4 Å². The first-order chi connectivity index (χ1) is 8.25. The van der Waals surface area contributed by atoms with Gasteiger partial charge in [0.2, 0.25) is 0 Å². The predicted molar refractivity (Wildman–Crippen MR) is 61.7 cm³/mol. The predicted octanol–water partition coefficient (Wildman–Crippen LogP) is 0.936. The summed E-state index contributed by atoms with van der Waals surface area (Å²) in [5.74, 6) is -0.0794. The van der Waals surface area contributed by atoms with E-state index >= 15 is 0 Å². The van der Waals surface area contributed by atoms with Gasteiger partial charge in [0.25, 0.3) is 0 Å². The third kappa shape index (κ3) is 1.09. The fraction of sp³-hybridized carbons (Fsp3) is 0.385. The van der Waals surface area contributed by atoms with E-state index < -0.39 is 12.2 Å². The fourth-order valence-electron chi connectivity index (χ4n) is 3.15. The summed E-state index contributed by atoms with van der Waals surface area (Å²) in [6.45, 7) is 0. The number of hydrogen-bond donors (Lipinski definition) is 2. The van der Waals surface area contributed by atoms with Crippen molar-refractivity contribution >= 4 is 11.0 Å². The second-order valence-electron chi connectivity index (χ2n) is 4.91. The number of benzene rings is 1. The Bertz CT molecular complexity index is 561. The van der Waals surface area contributed by atoms with Crippen LogP contribution in [0.1, 0.15) is 29.6 Å². The lowest BCUT2D eigenvalue weighted by Crippen LogP contribution is -2.32. The lowest BCUT2D eigenvalue weighted by Gasteiger charge is -2.23.